The molecule has 6 heteroatoms. The number of benzene rings is 1. The third-order valence-corrected chi connectivity index (χ3v) is 3.24. The van der Waals surface area contributed by atoms with Crippen LogP contribution >= 0.6 is 0 Å². The molecule has 0 radical (unpaired) electrons. The largest absolute Gasteiger partial charge is 0.396 e. The monoisotopic (exact) mass is 307 g/mol. The van der Waals surface area contributed by atoms with Crippen molar-refractivity contribution in [3.05, 3.63) is 24.3 Å². The average molecular weight is 307 g/mol. The second-order valence-electron chi connectivity index (χ2n) is 5.44. The number of hydrogen-bond donors (Lipinski definition) is 4. The Balaban J connectivity index is 2.53. The van der Waals surface area contributed by atoms with E-state index < -0.39 is 0 Å². The lowest BCUT2D eigenvalue weighted by molar-refractivity contribution is -0.118. The molecule has 0 saturated carbocycles. The minimum absolute atomic E-state index is 0.0447. The van der Waals surface area contributed by atoms with E-state index in [1.54, 1.807) is 24.3 Å². The quantitative estimate of drug-likeness (QED) is 0.624. The van der Waals surface area contributed by atoms with E-state index in [0.29, 0.717) is 17.8 Å². The highest BCUT2D eigenvalue weighted by Crippen LogP contribution is 2.14. The van der Waals surface area contributed by atoms with Crippen molar-refractivity contribution in [2.24, 2.45) is 5.92 Å². The van der Waals surface area contributed by atoms with E-state index in [9.17, 15) is 9.59 Å². The standard InChI is InChI=1S/C16H25N3O3/c1-4-12(9-10-20)18-16(22)19-14-7-5-13(6-8-14)17-15(21)11(2)3/h5-8,11-12,20H,4,9-10H2,1-3H3,(H,17,21)(H2,18,19,22)/t12-/m1/s1. The molecule has 0 bridgehead atoms. The van der Waals surface area contributed by atoms with Crippen molar-refractivity contribution in [1.29, 1.82) is 0 Å². The van der Waals surface area contributed by atoms with Crippen LogP contribution in [-0.2, 0) is 4.79 Å². The molecule has 0 aliphatic carbocycles. The topological polar surface area (TPSA) is 90.5 Å². The Labute approximate surface area is 131 Å². The maximum atomic E-state index is 11.8. The molecule has 0 aliphatic heterocycles. The fourth-order valence-corrected chi connectivity index (χ4v) is 1.81. The molecule has 122 valence electrons. The summed E-state index contributed by atoms with van der Waals surface area (Å²) < 4.78 is 0. The van der Waals surface area contributed by atoms with Crippen molar-refractivity contribution in [2.75, 3.05) is 17.2 Å². The Morgan fingerprint density at radius 1 is 1.09 bits per heavy atom. The van der Waals surface area contributed by atoms with Gasteiger partial charge in [-0.15, -0.1) is 0 Å². The molecule has 0 heterocycles. The number of amides is 3. The van der Waals surface area contributed by atoms with Gasteiger partial charge in [0, 0.05) is 29.9 Å². The van der Waals surface area contributed by atoms with Crippen LogP contribution in [0.4, 0.5) is 16.2 Å². The van der Waals surface area contributed by atoms with Crippen LogP contribution in [0.2, 0.25) is 0 Å². The molecule has 0 fully saturated rings. The summed E-state index contributed by atoms with van der Waals surface area (Å²) in [5.74, 6) is -0.130. The van der Waals surface area contributed by atoms with E-state index >= 15 is 0 Å². The minimum atomic E-state index is -0.306. The van der Waals surface area contributed by atoms with Crippen LogP contribution in [0.25, 0.3) is 0 Å². The van der Waals surface area contributed by atoms with Crippen LogP contribution in [0, 0.1) is 5.92 Å². The lowest BCUT2D eigenvalue weighted by Gasteiger charge is -2.16. The zero-order chi connectivity index (χ0) is 16.5. The molecule has 4 N–H and O–H groups in total. The fourth-order valence-electron chi connectivity index (χ4n) is 1.81. The summed E-state index contributed by atoms with van der Waals surface area (Å²) in [4.78, 5) is 23.4. The van der Waals surface area contributed by atoms with E-state index in [0.717, 1.165) is 6.42 Å². The summed E-state index contributed by atoms with van der Waals surface area (Å²) in [7, 11) is 0. The molecular weight excluding hydrogens is 282 g/mol. The summed E-state index contributed by atoms with van der Waals surface area (Å²) in [5.41, 5.74) is 1.33. The van der Waals surface area contributed by atoms with Gasteiger partial charge in [0.1, 0.15) is 0 Å². The molecule has 1 rings (SSSR count). The molecular formula is C16H25N3O3. The number of aliphatic hydroxyl groups is 1. The van der Waals surface area contributed by atoms with Crippen molar-refractivity contribution >= 4 is 23.3 Å². The highest BCUT2D eigenvalue weighted by Gasteiger charge is 2.10. The Hall–Kier alpha value is -2.08. The molecule has 0 unspecified atom stereocenters. The third kappa shape index (κ3) is 6.13. The van der Waals surface area contributed by atoms with Crippen LogP contribution in [0.5, 0.6) is 0 Å². The van der Waals surface area contributed by atoms with Gasteiger partial charge < -0.3 is 21.1 Å². The van der Waals surface area contributed by atoms with E-state index in [2.05, 4.69) is 16.0 Å². The smallest absolute Gasteiger partial charge is 0.319 e. The first-order valence-corrected chi connectivity index (χ1v) is 7.55. The molecule has 0 saturated heterocycles. The molecule has 0 aromatic heterocycles. The molecule has 0 aliphatic rings. The van der Waals surface area contributed by atoms with E-state index in [1.807, 2.05) is 20.8 Å². The van der Waals surface area contributed by atoms with Crippen molar-refractivity contribution in [2.45, 2.75) is 39.7 Å². The third-order valence-electron chi connectivity index (χ3n) is 3.24. The van der Waals surface area contributed by atoms with Gasteiger partial charge >= 0.3 is 6.03 Å². The number of nitrogens with one attached hydrogen (secondary N) is 3. The van der Waals surface area contributed by atoms with E-state index in [-0.39, 0.29) is 30.5 Å². The first-order chi connectivity index (χ1) is 10.5. The maximum Gasteiger partial charge on any atom is 0.319 e. The average Bonchev–Trinajstić information content (AvgIpc) is 2.48. The summed E-state index contributed by atoms with van der Waals surface area (Å²) in [5, 5.41) is 17.2. The number of rotatable bonds is 7. The second-order valence-corrected chi connectivity index (χ2v) is 5.44. The van der Waals surface area contributed by atoms with Gasteiger partial charge in [-0.1, -0.05) is 20.8 Å². The predicted molar refractivity (Wildman–Crippen MR) is 87.8 cm³/mol. The molecule has 1 aromatic carbocycles. The summed E-state index contributed by atoms with van der Waals surface area (Å²) >= 11 is 0. The fraction of sp³-hybridized carbons (Fsp3) is 0.500. The van der Waals surface area contributed by atoms with Crippen LogP contribution in [0.3, 0.4) is 0 Å². The number of urea groups is 1. The van der Waals surface area contributed by atoms with Crippen LogP contribution in [-0.4, -0.2) is 29.7 Å². The van der Waals surface area contributed by atoms with Gasteiger partial charge in [0.05, 0.1) is 0 Å². The zero-order valence-electron chi connectivity index (χ0n) is 13.3. The van der Waals surface area contributed by atoms with Gasteiger partial charge in [-0.05, 0) is 37.1 Å². The molecule has 6 nitrogen and oxygen atoms in total. The Morgan fingerprint density at radius 2 is 1.64 bits per heavy atom. The predicted octanol–water partition coefficient (Wildman–Crippen LogP) is 2.56. The molecule has 0 spiro atoms. The van der Waals surface area contributed by atoms with Gasteiger partial charge in [0.2, 0.25) is 5.91 Å². The Morgan fingerprint density at radius 3 is 2.09 bits per heavy atom. The SMILES string of the molecule is CC[C@H](CCO)NC(=O)Nc1ccc(NC(=O)C(C)C)cc1. The number of hydrogen-bond acceptors (Lipinski definition) is 3. The maximum absolute atomic E-state index is 11.8. The van der Waals surface area contributed by atoms with Crippen molar-refractivity contribution < 1.29 is 14.7 Å². The Bertz CT molecular complexity index is 486. The van der Waals surface area contributed by atoms with Crippen LogP contribution in [0.1, 0.15) is 33.6 Å². The first kappa shape index (κ1) is 18.0. The van der Waals surface area contributed by atoms with Crippen LogP contribution < -0.4 is 16.0 Å². The van der Waals surface area contributed by atoms with Gasteiger partial charge in [-0.2, -0.15) is 0 Å². The number of aliphatic hydroxyl groups excluding tert-OH is 1. The van der Waals surface area contributed by atoms with Gasteiger partial charge in [-0.25, -0.2) is 4.79 Å². The lowest BCUT2D eigenvalue weighted by atomic mass is 10.1. The van der Waals surface area contributed by atoms with Crippen molar-refractivity contribution in [3.8, 4) is 0 Å². The minimum Gasteiger partial charge on any atom is -0.396 e. The van der Waals surface area contributed by atoms with E-state index in [1.165, 1.54) is 0 Å². The van der Waals surface area contributed by atoms with Crippen molar-refractivity contribution in [1.82, 2.24) is 5.32 Å². The summed E-state index contributed by atoms with van der Waals surface area (Å²) in [6, 6.07) is 6.57. The van der Waals surface area contributed by atoms with Gasteiger partial charge in [-0.3, -0.25) is 4.79 Å². The summed E-state index contributed by atoms with van der Waals surface area (Å²) in [6.45, 7) is 5.65. The molecule has 1 aromatic rings. The second kappa shape index (κ2) is 9.04. The highest BCUT2D eigenvalue weighted by molar-refractivity contribution is 5.93. The lowest BCUT2D eigenvalue weighted by Crippen LogP contribution is -2.38. The zero-order valence-corrected chi connectivity index (χ0v) is 13.3. The molecule has 22 heavy (non-hydrogen) atoms. The van der Waals surface area contributed by atoms with E-state index in [4.69, 9.17) is 5.11 Å². The van der Waals surface area contributed by atoms with Gasteiger partial charge in [0.15, 0.2) is 0 Å². The Kier molecular flexibility index (Phi) is 7.39. The van der Waals surface area contributed by atoms with Gasteiger partial charge in [0.25, 0.3) is 0 Å². The normalized spacial score (nSPS) is 11.9. The number of carbonyl (C=O) groups is 2. The summed E-state index contributed by atoms with van der Waals surface area (Å²) in [6.07, 6.45) is 1.29. The number of carbonyl (C=O) groups excluding carboxylic acids is 2. The highest BCUT2D eigenvalue weighted by atomic mass is 16.3. The molecule has 1 atom stereocenters. The van der Waals surface area contributed by atoms with Crippen molar-refractivity contribution in [3.63, 3.8) is 0 Å². The number of anilines is 2. The first-order valence-electron chi connectivity index (χ1n) is 7.55. The van der Waals surface area contributed by atoms with Crippen LogP contribution in [0.15, 0.2) is 24.3 Å². The molecule has 3 amide bonds.